The Hall–Kier alpha value is -3.73. The summed E-state index contributed by atoms with van der Waals surface area (Å²) in [6, 6.07) is 21.5. The van der Waals surface area contributed by atoms with Crippen LogP contribution in [0.5, 0.6) is 0 Å². The minimum Gasteiger partial charge on any atom is -0.324 e. The summed E-state index contributed by atoms with van der Waals surface area (Å²) < 4.78 is 0. The molecule has 2 bridgehead atoms. The molecular weight excluding hydrogens is 460 g/mol. The smallest absolute Gasteiger partial charge is 0.247 e. The zero-order valence-electron chi connectivity index (χ0n) is 21.5. The van der Waals surface area contributed by atoms with Gasteiger partial charge in [0.05, 0.1) is 11.8 Å². The van der Waals surface area contributed by atoms with Gasteiger partial charge in [-0.3, -0.25) is 19.3 Å². The van der Waals surface area contributed by atoms with Crippen LogP contribution in [-0.4, -0.2) is 28.7 Å². The Kier molecular flexibility index (Phi) is 5.74. The van der Waals surface area contributed by atoms with Crippen LogP contribution in [0.25, 0.3) is 0 Å². The Morgan fingerprint density at radius 2 is 1.35 bits per heavy atom. The van der Waals surface area contributed by atoms with Crippen LogP contribution in [0.1, 0.15) is 71.4 Å². The number of anilines is 1. The van der Waals surface area contributed by atoms with E-state index in [2.05, 4.69) is 36.5 Å². The second-order valence-electron chi connectivity index (χ2n) is 10.8. The summed E-state index contributed by atoms with van der Waals surface area (Å²) in [5.74, 6) is -1.97. The zero-order valence-corrected chi connectivity index (χ0v) is 21.5. The lowest BCUT2D eigenvalue weighted by Crippen LogP contribution is -2.48. The molecule has 1 heterocycles. The van der Waals surface area contributed by atoms with E-state index in [1.165, 1.54) is 4.90 Å². The van der Waals surface area contributed by atoms with Crippen molar-refractivity contribution in [3.8, 4) is 0 Å². The van der Waals surface area contributed by atoms with Gasteiger partial charge in [0.2, 0.25) is 17.7 Å². The fraction of sp³-hybridized carbons (Fsp3) is 0.344. The standard InChI is InChI=1S/C32H32N2O3/c1-4-5-14-25(30(35)33-24-17-18(2)15-16-19(24)3)34-31(36)28-26-20-10-6-7-11-21(20)27(29(28)32(34)37)23-13-9-8-12-22(23)26/h6-13,15-17,25-29H,4-5,14H2,1-3H3,(H,33,35). The predicted octanol–water partition coefficient (Wildman–Crippen LogP) is 5.69. The Bertz CT molecular complexity index is 1310. The third-order valence-electron chi connectivity index (χ3n) is 8.58. The van der Waals surface area contributed by atoms with E-state index >= 15 is 0 Å². The maximum atomic E-state index is 14.2. The van der Waals surface area contributed by atoms with Crippen LogP contribution in [0.15, 0.2) is 66.7 Å². The molecule has 1 saturated heterocycles. The van der Waals surface area contributed by atoms with E-state index in [4.69, 9.17) is 0 Å². The topological polar surface area (TPSA) is 66.5 Å². The lowest BCUT2D eigenvalue weighted by molar-refractivity contribution is -0.147. The summed E-state index contributed by atoms with van der Waals surface area (Å²) in [4.78, 5) is 43.4. The highest BCUT2D eigenvalue weighted by Crippen LogP contribution is 2.61. The minimum absolute atomic E-state index is 0.169. The van der Waals surface area contributed by atoms with Crippen molar-refractivity contribution >= 4 is 23.4 Å². The van der Waals surface area contributed by atoms with Crippen molar-refractivity contribution in [1.82, 2.24) is 4.90 Å². The average molecular weight is 493 g/mol. The van der Waals surface area contributed by atoms with Crippen molar-refractivity contribution < 1.29 is 14.4 Å². The Morgan fingerprint density at radius 1 is 0.838 bits per heavy atom. The monoisotopic (exact) mass is 492 g/mol. The van der Waals surface area contributed by atoms with Crippen molar-refractivity contribution in [2.45, 2.75) is 57.9 Å². The van der Waals surface area contributed by atoms with Gasteiger partial charge in [-0.2, -0.15) is 0 Å². The van der Waals surface area contributed by atoms with E-state index < -0.39 is 17.9 Å². The number of benzene rings is 3. The molecule has 188 valence electrons. The number of rotatable bonds is 6. The van der Waals surface area contributed by atoms with Crippen LogP contribution >= 0.6 is 0 Å². The van der Waals surface area contributed by atoms with Crippen LogP contribution in [-0.2, 0) is 14.4 Å². The second kappa shape index (κ2) is 8.98. The van der Waals surface area contributed by atoms with Crippen molar-refractivity contribution in [3.05, 3.63) is 100 Å². The van der Waals surface area contributed by atoms with E-state index in [0.717, 1.165) is 51.9 Å². The number of aryl methyl sites for hydroxylation is 2. The van der Waals surface area contributed by atoms with Crippen molar-refractivity contribution in [2.24, 2.45) is 11.8 Å². The van der Waals surface area contributed by atoms with Crippen molar-refractivity contribution in [1.29, 1.82) is 0 Å². The Morgan fingerprint density at radius 3 is 1.84 bits per heavy atom. The molecule has 1 fully saturated rings. The number of carbonyl (C=O) groups is 3. The molecule has 3 aromatic carbocycles. The molecule has 3 aliphatic carbocycles. The molecule has 0 spiro atoms. The van der Waals surface area contributed by atoms with Crippen LogP contribution in [0.4, 0.5) is 5.69 Å². The number of hydrogen-bond acceptors (Lipinski definition) is 3. The normalized spacial score (nSPS) is 23.9. The van der Waals surface area contributed by atoms with Crippen LogP contribution < -0.4 is 5.32 Å². The van der Waals surface area contributed by atoms with Crippen LogP contribution in [0.3, 0.4) is 0 Å². The third kappa shape index (κ3) is 3.55. The summed E-state index contributed by atoms with van der Waals surface area (Å²) in [5, 5.41) is 3.05. The first-order valence-electron chi connectivity index (χ1n) is 13.3. The highest BCUT2D eigenvalue weighted by molar-refractivity contribution is 6.11. The van der Waals surface area contributed by atoms with Crippen LogP contribution in [0.2, 0.25) is 0 Å². The first kappa shape index (κ1) is 23.7. The highest BCUT2D eigenvalue weighted by atomic mass is 16.2. The third-order valence-corrected chi connectivity index (χ3v) is 8.58. The maximum Gasteiger partial charge on any atom is 0.247 e. The number of carbonyl (C=O) groups excluding carboxylic acids is 3. The van der Waals surface area contributed by atoms with E-state index in [0.29, 0.717) is 6.42 Å². The molecule has 1 N–H and O–H groups in total. The number of likely N-dealkylation sites (tertiary alicyclic amines) is 1. The maximum absolute atomic E-state index is 14.2. The van der Waals surface area contributed by atoms with Gasteiger partial charge in [0.1, 0.15) is 6.04 Å². The van der Waals surface area contributed by atoms with E-state index in [1.54, 1.807) is 0 Å². The fourth-order valence-corrected chi connectivity index (χ4v) is 6.87. The van der Waals surface area contributed by atoms with Gasteiger partial charge < -0.3 is 5.32 Å². The molecular formula is C32H32N2O3. The molecule has 0 saturated carbocycles. The summed E-state index contributed by atoms with van der Waals surface area (Å²) in [6.45, 7) is 5.98. The molecule has 5 nitrogen and oxygen atoms in total. The SMILES string of the molecule is CCCCC(C(=O)Nc1cc(C)ccc1C)N1C(=O)C2C3c4ccccc4C(c4ccccc43)C2C1=O. The number of nitrogens with one attached hydrogen (secondary N) is 1. The molecule has 1 aliphatic heterocycles. The number of amides is 3. The molecule has 37 heavy (non-hydrogen) atoms. The van der Waals surface area contributed by atoms with Crippen molar-refractivity contribution in [3.63, 3.8) is 0 Å². The minimum atomic E-state index is -0.823. The lowest BCUT2D eigenvalue weighted by Gasteiger charge is -2.45. The zero-order chi connectivity index (χ0) is 25.8. The van der Waals surface area contributed by atoms with Crippen molar-refractivity contribution in [2.75, 3.05) is 5.32 Å². The first-order valence-corrected chi connectivity index (χ1v) is 13.3. The molecule has 0 aromatic heterocycles. The number of hydrogen-bond donors (Lipinski definition) is 1. The van der Waals surface area contributed by atoms with Crippen LogP contribution in [0, 0.1) is 25.7 Å². The van der Waals surface area contributed by atoms with E-state index in [9.17, 15) is 14.4 Å². The Labute approximate surface area is 217 Å². The van der Waals surface area contributed by atoms with Gasteiger partial charge in [-0.25, -0.2) is 0 Å². The Balaban J connectivity index is 1.40. The quantitative estimate of drug-likeness (QED) is 0.450. The van der Waals surface area contributed by atoms with Gasteiger partial charge in [0.25, 0.3) is 0 Å². The van der Waals surface area contributed by atoms with Gasteiger partial charge in [0.15, 0.2) is 0 Å². The predicted molar refractivity (Wildman–Crippen MR) is 143 cm³/mol. The molecule has 3 aromatic rings. The molecule has 7 rings (SSSR count). The van der Waals surface area contributed by atoms with Gasteiger partial charge in [-0.1, -0.05) is 80.4 Å². The fourth-order valence-electron chi connectivity index (χ4n) is 6.87. The number of imide groups is 1. The summed E-state index contributed by atoms with van der Waals surface area (Å²) in [7, 11) is 0. The summed E-state index contributed by atoms with van der Waals surface area (Å²) in [5.41, 5.74) is 7.27. The molecule has 0 radical (unpaired) electrons. The molecule has 3 unspecified atom stereocenters. The molecule has 5 heteroatoms. The molecule has 3 atom stereocenters. The largest absolute Gasteiger partial charge is 0.324 e. The van der Waals surface area contributed by atoms with E-state index in [1.807, 2.05) is 56.3 Å². The molecule has 3 amide bonds. The van der Waals surface area contributed by atoms with E-state index in [-0.39, 0.29) is 29.6 Å². The number of nitrogens with zero attached hydrogens (tertiary/aromatic N) is 1. The molecule has 4 aliphatic rings. The lowest BCUT2D eigenvalue weighted by atomic mass is 9.55. The summed E-state index contributed by atoms with van der Waals surface area (Å²) >= 11 is 0. The van der Waals surface area contributed by atoms with Gasteiger partial charge in [-0.05, 0) is 59.7 Å². The first-order chi connectivity index (χ1) is 17.9. The van der Waals surface area contributed by atoms with Gasteiger partial charge in [-0.15, -0.1) is 0 Å². The average Bonchev–Trinajstić information content (AvgIpc) is 3.17. The second-order valence-corrected chi connectivity index (χ2v) is 10.8. The summed E-state index contributed by atoms with van der Waals surface area (Å²) in [6.07, 6.45) is 2.09. The van der Waals surface area contributed by atoms with Gasteiger partial charge in [0, 0.05) is 17.5 Å². The number of unbranched alkanes of at least 4 members (excludes halogenated alkanes) is 1. The van der Waals surface area contributed by atoms with Gasteiger partial charge >= 0.3 is 0 Å². The highest BCUT2D eigenvalue weighted by Gasteiger charge is 2.62.